The summed E-state index contributed by atoms with van der Waals surface area (Å²) in [4.78, 5) is 0. The van der Waals surface area contributed by atoms with Gasteiger partial charge in [-0.3, -0.25) is 0 Å². The molecule has 6 rings (SSSR count). The molecule has 2 atom stereocenters. The zero-order chi connectivity index (χ0) is 25.8. The van der Waals surface area contributed by atoms with Gasteiger partial charge in [-0.25, -0.2) is 0 Å². The summed E-state index contributed by atoms with van der Waals surface area (Å²) in [5, 5.41) is 0.731. The van der Waals surface area contributed by atoms with Crippen molar-refractivity contribution in [3.63, 3.8) is 0 Å². The molecule has 4 heterocycles. The van der Waals surface area contributed by atoms with Crippen molar-refractivity contribution in [3.05, 3.63) is 44.9 Å². The molecule has 2 aromatic rings. The molecule has 0 amide bonds. The fourth-order valence-corrected chi connectivity index (χ4v) is 5.83. The van der Waals surface area contributed by atoms with Gasteiger partial charge in [0.1, 0.15) is 24.7 Å². The summed E-state index contributed by atoms with van der Waals surface area (Å²) in [6.45, 7) is 11.5. The zero-order valence-electron chi connectivity index (χ0n) is 21.2. The number of ether oxygens (including phenoxy) is 2. The predicted molar refractivity (Wildman–Crippen MR) is 145 cm³/mol. The van der Waals surface area contributed by atoms with Crippen LogP contribution < -0.4 is 26.1 Å². The molecular formula is C25H31B2BrClNO6. The van der Waals surface area contributed by atoms with Gasteiger partial charge >= 0.3 is 14.2 Å². The normalized spacial score (nSPS) is 24.4. The summed E-state index contributed by atoms with van der Waals surface area (Å²) in [7, 11) is -0.755. The van der Waals surface area contributed by atoms with Crippen LogP contribution in [0.4, 0.5) is 0 Å². The number of hydrogen-bond acceptors (Lipinski definition) is 7. The second kappa shape index (κ2) is 9.80. The first-order valence-electron chi connectivity index (χ1n) is 12.3. The van der Waals surface area contributed by atoms with Crippen LogP contribution in [-0.4, -0.2) is 45.2 Å². The van der Waals surface area contributed by atoms with Gasteiger partial charge in [0, 0.05) is 32.5 Å². The minimum atomic E-state index is -0.390. The van der Waals surface area contributed by atoms with Crippen molar-refractivity contribution < 1.29 is 28.1 Å². The highest BCUT2D eigenvalue weighted by atomic mass is 79.9. The van der Waals surface area contributed by atoms with Crippen molar-refractivity contribution in [1.82, 2.24) is 0 Å². The Morgan fingerprint density at radius 1 is 0.889 bits per heavy atom. The van der Waals surface area contributed by atoms with Gasteiger partial charge in [-0.2, -0.15) is 0 Å². The first-order chi connectivity index (χ1) is 17.0. The topological polar surface area (TPSA) is 81.4 Å². The van der Waals surface area contributed by atoms with E-state index in [-0.39, 0.29) is 30.5 Å². The SMILES string of the molecule is CC1(C)COc2ccc(Br)c3c2B(O[C@@H]3CN)O1.CC[C@H]1OB2OC(C)(C)COc3ccc(Cl)c1c32. The number of rotatable bonds is 2. The first kappa shape index (κ1) is 26.4. The smallest absolute Gasteiger partial charge is 0.491 e. The van der Waals surface area contributed by atoms with E-state index in [9.17, 15) is 0 Å². The van der Waals surface area contributed by atoms with Crippen molar-refractivity contribution in [2.45, 2.75) is 64.4 Å². The average molecular weight is 579 g/mol. The monoisotopic (exact) mass is 577 g/mol. The maximum Gasteiger partial charge on any atom is 0.499 e. The highest BCUT2D eigenvalue weighted by Crippen LogP contribution is 2.39. The van der Waals surface area contributed by atoms with Crippen LogP contribution in [0.15, 0.2) is 28.7 Å². The van der Waals surface area contributed by atoms with E-state index in [0.717, 1.165) is 49.5 Å². The molecule has 36 heavy (non-hydrogen) atoms. The van der Waals surface area contributed by atoms with Crippen LogP contribution in [0.25, 0.3) is 0 Å². The minimum absolute atomic E-state index is 0.00468. The van der Waals surface area contributed by atoms with Gasteiger partial charge in [0.2, 0.25) is 0 Å². The molecule has 2 N–H and O–H groups in total. The van der Waals surface area contributed by atoms with Crippen LogP contribution in [0.5, 0.6) is 11.5 Å². The van der Waals surface area contributed by atoms with Gasteiger partial charge in [-0.1, -0.05) is 34.5 Å². The zero-order valence-corrected chi connectivity index (χ0v) is 23.6. The maximum atomic E-state index is 6.29. The Balaban J connectivity index is 0.000000148. The van der Waals surface area contributed by atoms with E-state index in [4.69, 9.17) is 45.4 Å². The molecule has 0 bridgehead atoms. The minimum Gasteiger partial charge on any atom is -0.491 e. The summed E-state index contributed by atoms with van der Waals surface area (Å²) in [6.07, 6.45) is 0.725. The van der Waals surface area contributed by atoms with Crippen LogP contribution in [0, 0.1) is 0 Å². The number of hydrogen-bond donors (Lipinski definition) is 1. The fourth-order valence-electron chi connectivity index (χ4n) is 4.94. The molecule has 0 spiro atoms. The molecule has 4 aliphatic rings. The lowest BCUT2D eigenvalue weighted by Gasteiger charge is -2.25. The second-order valence-electron chi connectivity index (χ2n) is 10.6. The van der Waals surface area contributed by atoms with E-state index in [1.54, 1.807) is 0 Å². The number of nitrogens with two attached hydrogens (primary N) is 1. The predicted octanol–water partition coefficient (Wildman–Crippen LogP) is 4.07. The molecule has 4 aliphatic heterocycles. The van der Waals surface area contributed by atoms with Crippen molar-refractivity contribution in [2.75, 3.05) is 19.8 Å². The Kier molecular flexibility index (Phi) is 7.18. The highest BCUT2D eigenvalue weighted by Gasteiger charge is 2.47. The molecule has 0 radical (unpaired) electrons. The lowest BCUT2D eigenvalue weighted by Crippen LogP contribution is -2.40. The van der Waals surface area contributed by atoms with Gasteiger partial charge < -0.3 is 33.8 Å². The van der Waals surface area contributed by atoms with Crippen molar-refractivity contribution in [1.29, 1.82) is 0 Å². The van der Waals surface area contributed by atoms with E-state index in [1.807, 2.05) is 52.0 Å². The lowest BCUT2D eigenvalue weighted by atomic mass is 9.77. The highest BCUT2D eigenvalue weighted by molar-refractivity contribution is 9.10. The summed E-state index contributed by atoms with van der Waals surface area (Å²) in [5.41, 5.74) is 9.06. The standard InChI is InChI=1S/C13H16BClO3.C12H15BBrNO3/c1-4-9-11-8(15)5-6-10-12(11)14(17-9)18-13(2,3)7-16-10;1-12(2)6-16-8-4-3-7(14)10-9(5-15)17-13(18-12)11(8)10/h5-6,9H,4,7H2,1-3H3;3-4,9H,5-6,15H2,1-2H3/t2*9-/m11/s1. The molecule has 192 valence electrons. The van der Waals surface area contributed by atoms with Crippen LogP contribution in [0.3, 0.4) is 0 Å². The molecule has 11 heteroatoms. The van der Waals surface area contributed by atoms with Gasteiger partial charge in [0.05, 0.1) is 23.4 Å². The van der Waals surface area contributed by atoms with Crippen LogP contribution in [-0.2, 0) is 18.6 Å². The molecule has 2 aromatic carbocycles. The molecule has 7 nitrogen and oxygen atoms in total. The summed E-state index contributed by atoms with van der Waals surface area (Å²) >= 11 is 9.85. The average Bonchev–Trinajstić information content (AvgIpc) is 3.29. The van der Waals surface area contributed by atoms with Crippen LogP contribution in [0.1, 0.15) is 64.4 Å². The molecule has 0 aliphatic carbocycles. The largest absolute Gasteiger partial charge is 0.499 e. The third kappa shape index (κ3) is 4.82. The Labute approximate surface area is 226 Å². The molecule has 0 aromatic heterocycles. The summed E-state index contributed by atoms with van der Waals surface area (Å²) in [5.74, 6) is 1.67. The fraction of sp³-hybridized carbons (Fsp3) is 0.520. The van der Waals surface area contributed by atoms with Gasteiger partial charge in [-0.15, -0.1) is 0 Å². The van der Waals surface area contributed by atoms with E-state index in [0.29, 0.717) is 19.8 Å². The third-order valence-electron chi connectivity index (χ3n) is 6.67. The Morgan fingerprint density at radius 3 is 1.97 bits per heavy atom. The van der Waals surface area contributed by atoms with E-state index in [1.165, 1.54) is 0 Å². The molecule has 0 fully saturated rings. The summed E-state index contributed by atoms with van der Waals surface area (Å²) < 4.78 is 36.5. The maximum absolute atomic E-state index is 6.29. The number of benzene rings is 2. The molecule has 0 unspecified atom stereocenters. The second-order valence-corrected chi connectivity index (χ2v) is 11.9. The Hall–Kier alpha value is -1.26. The van der Waals surface area contributed by atoms with Crippen LogP contribution in [0.2, 0.25) is 5.02 Å². The van der Waals surface area contributed by atoms with Gasteiger partial charge in [0.15, 0.2) is 0 Å². The van der Waals surface area contributed by atoms with Gasteiger partial charge in [0.25, 0.3) is 0 Å². The first-order valence-corrected chi connectivity index (χ1v) is 13.5. The van der Waals surface area contributed by atoms with Crippen molar-refractivity contribution in [3.8, 4) is 11.5 Å². The molecule has 0 saturated carbocycles. The summed E-state index contributed by atoms with van der Waals surface area (Å²) in [6, 6.07) is 7.70. The van der Waals surface area contributed by atoms with Crippen molar-refractivity contribution in [2.24, 2.45) is 5.73 Å². The van der Waals surface area contributed by atoms with E-state index < -0.39 is 7.12 Å². The third-order valence-corrected chi connectivity index (χ3v) is 7.69. The number of halogens is 2. The van der Waals surface area contributed by atoms with E-state index in [2.05, 4.69) is 22.9 Å². The molecule has 0 saturated heterocycles. The van der Waals surface area contributed by atoms with Crippen molar-refractivity contribution >= 4 is 52.7 Å². The quantitative estimate of drug-likeness (QED) is 0.539. The van der Waals surface area contributed by atoms with E-state index >= 15 is 0 Å². The molecular weight excluding hydrogens is 547 g/mol. The Bertz CT molecular complexity index is 1080. The van der Waals surface area contributed by atoms with Crippen LogP contribution >= 0.6 is 27.5 Å². The lowest BCUT2D eigenvalue weighted by molar-refractivity contribution is 0.0267. The Morgan fingerprint density at radius 2 is 1.42 bits per heavy atom. The van der Waals surface area contributed by atoms with Gasteiger partial charge in [-0.05, 0) is 63.9 Å².